The molecule has 2 aromatic carbocycles. The van der Waals surface area contributed by atoms with Gasteiger partial charge in [-0.15, -0.1) is 0 Å². The van der Waals surface area contributed by atoms with Crippen LogP contribution in [0.25, 0.3) is 0 Å². The second kappa shape index (κ2) is 6.94. The third kappa shape index (κ3) is 3.97. The van der Waals surface area contributed by atoms with E-state index >= 15 is 0 Å². The van der Waals surface area contributed by atoms with Crippen molar-refractivity contribution in [2.45, 2.75) is 0 Å². The maximum atomic E-state index is 12.0. The zero-order chi connectivity index (χ0) is 15.4. The fraction of sp³-hybridized carbons (Fsp3) is 0.0667. The Morgan fingerprint density at radius 1 is 0.905 bits per heavy atom. The van der Waals surface area contributed by atoms with Crippen LogP contribution >= 0.6 is 34.8 Å². The predicted molar refractivity (Wildman–Crippen MR) is 82.5 cm³/mol. The van der Waals surface area contributed by atoms with Crippen LogP contribution in [0, 0.1) is 0 Å². The Hall–Kier alpha value is -1.55. The first kappa shape index (κ1) is 15.8. The normalized spacial score (nSPS) is 10.2. The summed E-state index contributed by atoms with van der Waals surface area (Å²) in [4.78, 5) is 23.8. The van der Waals surface area contributed by atoms with Gasteiger partial charge in [-0.05, 0) is 30.3 Å². The van der Waals surface area contributed by atoms with Gasteiger partial charge in [0.1, 0.15) is 0 Å². The van der Waals surface area contributed by atoms with Crippen molar-refractivity contribution in [3.05, 3.63) is 68.7 Å². The van der Waals surface area contributed by atoms with Crippen LogP contribution in [0.3, 0.4) is 0 Å². The number of ether oxygens (including phenoxy) is 1. The second-order valence-electron chi connectivity index (χ2n) is 4.10. The number of ketones is 1. The van der Waals surface area contributed by atoms with Crippen molar-refractivity contribution in [1.29, 1.82) is 0 Å². The van der Waals surface area contributed by atoms with Gasteiger partial charge < -0.3 is 4.74 Å². The molecule has 0 atom stereocenters. The van der Waals surface area contributed by atoms with Gasteiger partial charge in [0, 0.05) is 10.6 Å². The fourth-order valence-electron chi connectivity index (χ4n) is 1.63. The van der Waals surface area contributed by atoms with E-state index in [1.165, 1.54) is 24.3 Å². The van der Waals surface area contributed by atoms with Gasteiger partial charge in [-0.25, -0.2) is 4.79 Å². The molecule has 0 radical (unpaired) electrons. The van der Waals surface area contributed by atoms with E-state index < -0.39 is 18.4 Å². The van der Waals surface area contributed by atoms with Crippen molar-refractivity contribution < 1.29 is 14.3 Å². The quantitative estimate of drug-likeness (QED) is 0.597. The standard InChI is InChI=1S/C15H9Cl3O3/c16-9-5-6-10(13(18)7-9)14(19)8-21-15(20)11-3-1-2-4-12(11)17/h1-7H,8H2. The summed E-state index contributed by atoms with van der Waals surface area (Å²) in [5, 5.41) is 0.894. The molecule has 0 saturated carbocycles. The molecule has 108 valence electrons. The number of rotatable bonds is 4. The van der Waals surface area contributed by atoms with Gasteiger partial charge >= 0.3 is 5.97 Å². The lowest BCUT2D eigenvalue weighted by Gasteiger charge is -2.07. The summed E-state index contributed by atoms with van der Waals surface area (Å²) in [6.07, 6.45) is 0. The van der Waals surface area contributed by atoms with E-state index in [1.807, 2.05) is 0 Å². The molecule has 21 heavy (non-hydrogen) atoms. The Bertz CT molecular complexity index is 698. The number of hydrogen-bond acceptors (Lipinski definition) is 3. The molecule has 6 heteroatoms. The Morgan fingerprint density at radius 2 is 1.62 bits per heavy atom. The summed E-state index contributed by atoms with van der Waals surface area (Å²) in [5.41, 5.74) is 0.446. The molecule has 0 aliphatic rings. The fourth-order valence-corrected chi connectivity index (χ4v) is 2.36. The topological polar surface area (TPSA) is 43.4 Å². The predicted octanol–water partition coefficient (Wildman–Crippen LogP) is 4.69. The minimum Gasteiger partial charge on any atom is -0.454 e. The molecule has 0 saturated heterocycles. The number of carbonyl (C=O) groups excluding carboxylic acids is 2. The van der Waals surface area contributed by atoms with Crippen molar-refractivity contribution in [1.82, 2.24) is 0 Å². The maximum Gasteiger partial charge on any atom is 0.340 e. The van der Waals surface area contributed by atoms with Gasteiger partial charge in [0.2, 0.25) is 5.78 Å². The highest BCUT2D eigenvalue weighted by molar-refractivity contribution is 6.37. The van der Waals surface area contributed by atoms with Crippen LogP contribution < -0.4 is 0 Å². The van der Waals surface area contributed by atoms with Gasteiger partial charge in [-0.2, -0.15) is 0 Å². The van der Waals surface area contributed by atoms with Gasteiger partial charge in [0.15, 0.2) is 6.61 Å². The van der Waals surface area contributed by atoms with Gasteiger partial charge in [0.25, 0.3) is 0 Å². The Morgan fingerprint density at radius 3 is 2.29 bits per heavy atom. The number of halogens is 3. The maximum absolute atomic E-state index is 12.0. The number of benzene rings is 2. The Kier molecular flexibility index (Phi) is 5.23. The SMILES string of the molecule is O=C(COC(=O)c1ccccc1Cl)c1ccc(Cl)cc1Cl. The van der Waals surface area contributed by atoms with Crippen LogP contribution in [0.2, 0.25) is 15.1 Å². The van der Waals surface area contributed by atoms with E-state index in [0.717, 1.165) is 0 Å². The van der Waals surface area contributed by atoms with E-state index in [4.69, 9.17) is 39.5 Å². The largest absolute Gasteiger partial charge is 0.454 e. The Labute approximate surface area is 136 Å². The summed E-state index contributed by atoms with van der Waals surface area (Å²) >= 11 is 17.5. The van der Waals surface area contributed by atoms with Crippen LogP contribution in [0.4, 0.5) is 0 Å². The highest BCUT2D eigenvalue weighted by Gasteiger charge is 2.16. The Balaban J connectivity index is 2.04. The lowest BCUT2D eigenvalue weighted by molar-refractivity contribution is 0.0475. The monoisotopic (exact) mass is 342 g/mol. The van der Waals surface area contributed by atoms with Crippen LogP contribution in [-0.4, -0.2) is 18.4 Å². The van der Waals surface area contributed by atoms with Crippen molar-refractivity contribution in [2.24, 2.45) is 0 Å². The smallest absolute Gasteiger partial charge is 0.340 e. The van der Waals surface area contributed by atoms with E-state index in [2.05, 4.69) is 0 Å². The number of carbonyl (C=O) groups is 2. The molecule has 0 aromatic heterocycles. The molecule has 0 unspecified atom stereocenters. The molecule has 0 spiro atoms. The highest BCUT2D eigenvalue weighted by atomic mass is 35.5. The molecule has 0 fully saturated rings. The van der Waals surface area contributed by atoms with Crippen LogP contribution in [0.15, 0.2) is 42.5 Å². The summed E-state index contributed by atoms with van der Waals surface area (Å²) < 4.78 is 4.95. The van der Waals surface area contributed by atoms with E-state index in [0.29, 0.717) is 5.02 Å². The zero-order valence-electron chi connectivity index (χ0n) is 10.6. The van der Waals surface area contributed by atoms with E-state index in [1.54, 1.807) is 18.2 Å². The van der Waals surface area contributed by atoms with Gasteiger partial charge in [-0.3, -0.25) is 4.79 Å². The molecule has 0 bridgehead atoms. The lowest BCUT2D eigenvalue weighted by Crippen LogP contribution is -2.15. The molecule has 0 aliphatic heterocycles. The molecule has 2 aromatic rings. The molecule has 3 nitrogen and oxygen atoms in total. The van der Waals surface area contributed by atoms with Crippen molar-refractivity contribution in [3.63, 3.8) is 0 Å². The molecule has 0 amide bonds. The third-order valence-electron chi connectivity index (χ3n) is 2.66. The summed E-state index contributed by atoms with van der Waals surface area (Å²) in [7, 11) is 0. The second-order valence-corrected chi connectivity index (χ2v) is 5.35. The molecule has 0 N–H and O–H groups in total. The highest BCUT2D eigenvalue weighted by Crippen LogP contribution is 2.22. The van der Waals surface area contributed by atoms with Crippen molar-refractivity contribution in [3.8, 4) is 0 Å². The van der Waals surface area contributed by atoms with Crippen LogP contribution in [0.5, 0.6) is 0 Å². The molecule has 0 heterocycles. The minimum absolute atomic E-state index is 0.203. The van der Waals surface area contributed by atoms with Crippen molar-refractivity contribution >= 4 is 46.6 Å². The average molecular weight is 344 g/mol. The number of Topliss-reactive ketones (excluding diaryl/α,β-unsaturated/α-hetero) is 1. The summed E-state index contributed by atoms with van der Waals surface area (Å²) in [6, 6.07) is 10.9. The molecule has 2 rings (SSSR count). The first-order chi connectivity index (χ1) is 9.99. The van der Waals surface area contributed by atoms with Crippen LogP contribution in [0.1, 0.15) is 20.7 Å². The minimum atomic E-state index is -0.668. The molecular weight excluding hydrogens is 335 g/mol. The third-order valence-corrected chi connectivity index (χ3v) is 3.54. The van der Waals surface area contributed by atoms with E-state index in [9.17, 15) is 9.59 Å². The summed E-state index contributed by atoms with van der Waals surface area (Å²) in [6.45, 7) is -0.425. The van der Waals surface area contributed by atoms with Gasteiger partial charge in [0.05, 0.1) is 15.6 Å². The first-order valence-corrected chi connectivity index (χ1v) is 7.02. The molecule has 0 aliphatic carbocycles. The van der Waals surface area contributed by atoms with Crippen LogP contribution in [-0.2, 0) is 4.74 Å². The molecular formula is C15H9Cl3O3. The zero-order valence-corrected chi connectivity index (χ0v) is 12.9. The first-order valence-electron chi connectivity index (χ1n) is 5.89. The lowest BCUT2D eigenvalue weighted by atomic mass is 10.1. The van der Waals surface area contributed by atoms with E-state index in [-0.39, 0.29) is 21.2 Å². The average Bonchev–Trinajstić information content (AvgIpc) is 2.45. The number of hydrogen-bond donors (Lipinski definition) is 0. The van der Waals surface area contributed by atoms with Crippen molar-refractivity contribution in [2.75, 3.05) is 6.61 Å². The summed E-state index contributed by atoms with van der Waals surface area (Å²) in [5.74, 6) is -1.09. The van der Waals surface area contributed by atoms with Gasteiger partial charge in [-0.1, -0.05) is 46.9 Å². The number of esters is 1.